The molecule has 1 aromatic rings. The van der Waals surface area contributed by atoms with Crippen molar-refractivity contribution in [1.82, 2.24) is 4.90 Å². The van der Waals surface area contributed by atoms with Crippen molar-refractivity contribution < 1.29 is 9.53 Å². The van der Waals surface area contributed by atoms with Gasteiger partial charge in [-0.2, -0.15) is 0 Å². The first-order valence-electron chi connectivity index (χ1n) is 6.99. The fourth-order valence-electron chi connectivity index (χ4n) is 2.14. The van der Waals surface area contributed by atoms with Gasteiger partial charge in [0.1, 0.15) is 5.75 Å². The lowest BCUT2D eigenvalue weighted by Gasteiger charge is -2.26. The molecule has 1 heterocycles. The average Bonchev–Trinajstić information content (AvgIpc) is 2.49. The molecule has 0 spiro atoms. The predicted octanol–water partition coefficient (Wildman–Crippen LogP) is 3.46. The standard InChI is InChI=1S/C15H20ClNO2S/c16-13-4-6-14(7-5-13)19-10-11-20-12-15(18)17-8-2-1-3-9-17/h4-7H,1-3,8-12H2. The summed E-state index contributed by atoms with van der Waals surface area (Å²) in [7, 11) is 0. The second-order valence-electron chi connectivity index (χ2n) is 4.80. The summed E-state index contributed by atoms with van der Waals surface area (Å²) in [4.78, 5) is 13.9. The number of carbonyl (C=O) groups is 1. The first-order valence-corrected chi connectivity index (χ1v) is 8.53. The first-order chi connectivity index (χ1) is 9.75. The Morgan fingerprint density at radius 3 is 2.60 bits per heavy atom. The third kappa shape index (κ3) is 5.25. The Morgan fingerprint density at radius 2 is 1.90 bits per heavy atom. The Morgan fingerprint density at radius 1 is 1.20 bits per heavy atom. The van der Waals surface area contributed by atoms with Crippen LogP contribution in [-0.4, -0.2) is 42.0 Å². The molecule has 1 aliphatic heterocycles. The van der Waals surface area contributed by atoms with E-state index in [1.165, 1.54) is 6.42 Å². The minimum Gasteiger partial charge on any atom is -0.493 e. The number of nitrogens with zero attached hydrogens (tertiary/aromatic N) is 1. The van der Waals surface area contributed by atoms with Gasteiger partial charge in [0.2, 0.25) is 5.91 Å². The van der Waals surface area contributed by atoms with Crippen LogP contribution < -0.4 is 4.74 Å². The molecular weight excluding hydrogens is 294 g/mol. The summed E-state index contributed by atoms with van der Waals surface area (Å²) < 4.78 is 5.58. The zero-order valence-electron chi connectivity index (χ0n) is 11.5. The third-order valence-electron chi connectivity index (χ3n) is 3.24. The summed E-state index contributed by atoms with van der Waals surface area (Å²) in [6.07, 6.45) is 3.55. The lowest BCUT2D eigenvalue weighted by Crippen LogP contribution is -2.36. The maximum Gasteiger partial charge on any atom is 0.232 e. The highest BCUT2D eigenvalue weighted by atomic mass is 35.5. The fourth-order valence-corrected chi connectivity index (χ4v) is 2.97. The molecule has 1 amide bonds. The molecule has 3 nitrogen and oxygen atoms in total. The van der Waals surface area contributed by atoms with Gasteiger partial charge in [0.05, 0.1) is 12.4 Å². The number of benzene rings is 1. The Labute approximate surface area is 129 Å². The number of rotatable bonds is 6. The van der Waals surface area contributed by atoms with Crippen molar-refractivity contribution in [2.75, 3.05) is 31.2 Å². The molecule has 20 heavy (non-hydrogen) atoms. The predicted molar refractivity (Wildman–Crippen MR) is 84.7 cm³/mol. The van der Waals surface area contributed by atoms with E-state index >= 15 is 0 Å². The van der Waals surface area contributed by atoms with E-state index in [0.29, 0.717) is 17.4 Å². The van der Waals surface area contributed by atoms with E-state index in [9.17, 15) is 4.79 Å². The van der Waals surface area contributed by atoms with Crippen LogP contribution >= 0.6 is 23.4 Å². The highest BCUT2D eigenvalue weighted by Gasteiger charge is 2.15. The van der Waals surface area contributed by atoms with Crippen LogP contribution in [-0.2, 0) is 4.79 Å². The van der Waals surface area contributed by atoms with E-state index in [2.05, 4.69) is 0 Å². The van der Waals surface area contributed by atoms with Gasteiger partial charge >= 0.3 is 0 Å². The van der Waals surface area contributed by atoms with E-state index in [1.807, 2.05) is 29.2 Å². The quantitative estimate of drug-likeness (QED) is 0.753. The molecule has 5 heteroatoms. The topological polar surface area (TPSA) is 29.5 Å². The number of piperidine rings is 1. The minimum atomic E-state index is 0.265. The molecule has 0 aromatic heterocycles. The molecule has 1 aromatic carbocycles. The Balaban J connectivity index is 1.57. The molecule has 0 saturated carbocycles. The van der Waals surface area contributed by atoms with Crippen LogP contribution in [0.15, 0.2) is 24.3 Å². The van der Waals surface area contributed by atoms with E-state index in [1.54, 1.807) is 11.8 Å². The molecule has 1 aliphatic rings. The van der Waals surface area contributed by atoms with Crippen LogP contribution in [0.5, 0.6) is 5.75 Å². The number of hydrogen-bond acceptors (Lipinski definition) is 3. The van der Waals surface area contributed by atoms with Gasteiger partial charge in [0, 0.05) is 23.9 Å². The zero-order chi connectivity index (χ0) is 14.2. The van der Waals surface area contributed by atoms with Crippen LogP contribution in [0, 0.1) is 0 Å². The second-order valence-corrected chi connectivity index (χ2v) is 6.34. The van der Waals surface area contributed by atoms with Crippen molar-refractivity contribution in [3.8, 4) is 5.75 Å². The van der Waals surface area contributed by atoms with Crippen molar-refractivity contribution in [3.05, 3.63) is 29.3 Å². The Hall–Kier alpha value is -0.870. The molecule has 2 rings (SSSR count). The Kier molecular flexibility index (Phi) is 6.54. The van der Waals surface area contributed by atoms with Gasteiger partial charge in [0.15, 0.2) is 0 Å². The molecule has 0 unspecified atom stereocenters. The number of carbonyl (C=O) groups excluding carboxylic acids is 1. The third-order valence-corrected chi connectivity index (χ3v) is 4.40. The van der Waals surface area contributed by atoms with Crippen molar-refractivity contribution in [2.45, 2.75) is 19.3 Å². The van der Waals surface area contributed by atoms with Gasteiger partial charge in [-0.3, -0.25) is 4.79 Å². The van der Waals surface area contributed by atoms with E-state index < -0.39 is 0 Å². The van der Waals surface area contributed by atoms with Crippen LogP contribution in [0.3, 0.4) is 0 Å². The SMILES string of the molecule is O=C(CSCCOc1ccc(Cl)cc1)N1CCCCC1. The minimum absolute atomic E-state index is 0.265. The molecule has 0 radical (unpaired) electrons. The van der Waals surface area contributed by atoms with E-state index in [4.69, 9.17) is 16.3 Å². The molecule has 1 fully saturated rings. The van der Waals surface area contributed by atoms with E-state index in [-0.39, 0.29) is 5.91 Å². The smallest absolute Gasteiger partial charge is 0.232 e. The summed E-state index contributed by atoms with van der Waals surface area (Å²) >= 11 is 7.44. The van der Waals surface area contributed by atoms with Gasteiger partial charge in [-0.1, -0.05) is 11.6 Å². The summed E-state index contributed by atoms with van der Waals surface area (Å²) in [5.41, 5.74) is 0. The van der Waals surface area contributed by atoms with Crippen LogP contribution in [0.25, 0.3) is 0 Å². The van der Waals surface area contributed by atoms with E-state index in [0.717, 1.165) is 37.4 Å². The van der Waals surface area contributed by atoms with Crippen LogP contribution in [0.4, 0.5) is 0 Å². The van der Waals surface area contributed by atoms with Crippen molar-refractivity contribution in [1.29, 1.82) is 0 Å². The molecule has 0 N–H and O–H groups in total. The first kappa shape index (κ1) is 15.5. The number of ether oxygens (including phenoxy) is 1. The number of likely N-dealkylation sites (tertiary alicyclic amines) is 1. The molecular formula is C15H20ClNO2S. The van der Waals surface area contributed by atoms with Crippen molar-refractivity contribution in [3.63, 3.8) is 0 Å². The highest BCUT2D eigenvalue weighted by molar-refractivity contribution is 7.99. The number of thioether (sulfide) groups is 1. The van der Waals surface area contributed by atoms with Gasteiger partial charge in [-0.25, -0.2) is 0 Å². The summed E-state index contributed by atoms with van der Waals surface area (Å²) in [5.74, 6) is 2.46. The second kappa shape index (κ2) is 8.42. The lowest BCUT2D eigenvalue weighted by molar-refractivity contribution is -0.129. The summed E-state index contributed by atoms with van der Waals surface area (Å²) in [6.45, 7) is 2.47. The number of amides is 1. The van der Waals surface area contributed by atoms with Gasteiger partial charge in [-0.05, 0) is 43.5 Å². The monoisotopic (exact) mass is 313 g/mol. The molecule has 1 saturated heterocycles. The number of hydrogen-bond donors (Lipinski definition) is 0. The van der Waals surface area contributed by atoms with Crippen LogP contribution in [0.1, 0.15) is 19.3 Å². The summed E-state index contributed by atoms with van der Waals surface area (Å²) in [6, 6.07) is 7.32. The fraction of sp³-hybridized carbons (Fsp3) is 0.533. The van der Waals surface area contributed by atoms with Gasteiger partial charge < -0.3 is 9.64 Å². The molecule has 0 bridgehead atoms. The maximum atomic E-state index is 11.9. The molecule has 0 atom stereocenters. The van der Waals surface area contributed by atoms with Gasteiger partial charge in [0.25, 0.3) is 0 Å². The molecule has 110 valence electrons. The largest absolute Gasteiger partial charge is 0.493 e. The normalized spacial score (nSPS) is 15.2. The maximum absolute atomic E-state index is 11.9. The summed E-state index contributed by atoms with van der Waals surface area (Å²) in [5, 5.41) is 0.707. The van der Waals surface area contributed by atoms with Crippen molar-refractivity contribution >= 4 is 29.3 Å². The van der Waals surface area contributed by atoms with Crippen molar-refractivity contribution in [2.24, 2.45) is 0 Å². The Bertz CT molecular complexity index is 418. The van der Waals surface area contributed by atoms with Gasteiger partial charge in [-0.15, -0.1) is 11.8 Å². The lowest BCUT2D eigenvalue weighted by atomic mass is 10.1. The van der Waals surface area contributed by atoms with Crippen LogP contribution in [0.2, 0.25) is 5.02 Å². The number of halogens is 1. The molecule has 0 aliphatic carbocycles. The zero-order valence-corrected chi connectivity index (χ0v) is 13.1. The highest BCUT2D eigenvalue weighted by Crippen LogP contribution is 2.16. The average molecular weight is 314 g/mol.